The Hall–Kier alpha value is -2.45. The van der Waals surface area contributed by atoms with Crippen LogP contribution in [-0.2, 0) is 19.1 Å². The largest absolute Gasteiger partial charge is 0.379 e. The lowest BCUT2D eigenvalue weighted by Crippen LogP contribution is -2.56. The van der Waals surface area contributed by atoms with Crippen LogP contribution in [-0.4, -0.2) is 68.1 Å². The van der Waals surface area contributed by atoms with Gasteiger partial charge in [0.2, 0.25) is 0 Å². The summed E-state index contributed by atoms with van der Waals surface area (Å²) in [6.07, 6.45) is 0. The van der Waals surface area contributed by atoms with E-state index in [-0.39, 0.29) is 11.4 Å². The zero-order chi connectivity index (χ0) is 19.6. The summed E-state index contributed by atoms with van der Waals surface area (Å²) in [5.74, 6) is -1.81. The zero-order valence-electron chi connectivity index (χ0n) is 15.9. The Morgan fingerprint density at radius 2 is 1.85 bits per heavy atom. The van der Waals surface area contributed by atoms with Crippen LogP contribution in [0.4, 0.5) is 5.69 Å². The fourth-order valence-electron chi connectivity index (χ4n) is 3.48. The molecule has 1 aromatic rings. The van der Waals surface area contributed by atoms with Crippen LogP contribution in [0, 0.1) is 0 Å². The second-order valence-corrected chi connectivity index (χ2v) is 7.46. The molecule has 8 nitrogen and oxygen atoms in total. The van der Waals surface area contributed by atoms with Gasteiger partial charge >= 0.3 is 11.8 Å². The molecule has 0 bridgehead atoms. The first-order valence-corrected chi connectivity index (χ1v) is 9.09. The minimum atomic E-state index is -0.836. The fourth-order valence-corrected chi connectivity index (χ4v) is 3.48. The molecule has 2 N–H and O–H groups in total. The Morgan fingerprint density at radius 3 is 2.56 bits per heavy atom. The summed E-state index contributed by atoms with van der Waals surface area (Å²) in [5.41, 5.74) is 1.14. The van der Waals surface area contributed by atoms with Crippen LogP contribution in [0.1, 0.15) is 25.5 Å². The van der Waals surface area contributed by atoms with Crippen LogP contribution in [0.3, 0.4) is 0 Å². The molecular weight excluding hydrogens is 348 g/mol. The van der Waals surface area contributed by atoms with Crippen molar-refractivity contribution in [2.75, 3.05) is 44.8 Å². The first-order chi connectivity index (χ1) is 12.8. The van der Waals surface area contributed by atoms with E-state index in [4.69, 9.17) is 4.74 Å². The number of ether oxygens (including phenoxy) is 1. The van der Waals surface area contributed by atoms with Crippen molar-refractivity contribution in [3.8, 4) is 0 Å². The average molecular weight is 374 g/mol. The number of anilines is 1. The smallest absolute Gasteiger partial charge is 0.310 e. The maximum atomic E-state index is 12.4. The molecule has 1 unspecified atom stereocenters. The molecule has 0 aromatic heterocycles. The molecule has 1 saturated heterocycles. The number of morpholine rings is 1. The summed E-state index contributed by atoms with van der Waals surface area (Å²) < 4.78 is 5.35. The minimum Gasteiger partial charge on any atom is -0.379 e. The molecule has 1 fully saturated rings. The molecule has 0 spiro atoms. The summed E-state index contributed by atoms with van der Waals surface area (Å²) in [5, 5.41) is 5.24. The Labute approximate surface area is 158 Å². The Bertz CT molecular complexity index is 743. The molecule has 146 valence electrons. The van der Waals surface area contributed by atoms with Gasteiger partial charge in [-0.2, -0.15) is 0 Å². The van der Waals surface area contributed by atoms with Crippen LogP contribution in [0.2, 0.25) is 0 Å². The number of carbonyl (C=O) groups is 3. The highest BCUT2D eigenvalue weighted by molar-refractivity contribution is 6.35. The maximum Gasteiger partial charge on any atom is 0.310 e. The molecule has 0 radical (unpaired) electrons. The number of benzene rings is 1. The highest BCUT2D eigenvalue weighted by Crippen LogP contribution is 2.34. The SMILES string of the molecule is CN1C(=O)C(NC(=O)C(=O)NCC(C)(C)N2CCOCC2)c2ccccc21. The van der Waals surface area contributed by atoms with Gasteiger partial charge in [-0.3, -0.25) is 19.3 Å². The Kier molecular flexibility index (Phi) is 5.48. The molecule has 1 aromatic carbocycles. The molecule has 1 atom stereocenters. The third kappa shape index (κ3) is 3.96. The van der Waals surface area contributed by atoms with Crippen molar-refractivity contribution in [1.29, 1.82) is 0 Å². The number of hydrogen-bond donors (Lipinski definition) is 2. The minimum absolute atomic E-state index is 0.258. The first-order valence-electron chi connectivity index (χ1n) is 9.09. The molecule has 27 heavy (non-hydrogen) atoms. The summed E-state index contributed by atoms with van der Waals surface area (Å²) >= 11 is 0. The van der Waals surface area contributed by atoms with Crippen molar-refractivity contribution in [3.05, 3.63) is 29.8 Å². The monoisotopic (exact) mass is 374 g/mol. The van der Waals surface area contributed by atoms with Crippen molar-refractivity contribution >= 4 is 23.4 Å². The maximum absolute atomic E-state index is 12.4. The normalized spacial score (nSPS) is 20.3. The van der Waals surface area contributed by atoms with Gasteiger partial charge in [0.1, 0.15) is 6.04 Å². The van der Waals surface area contributed by atoms with E-state index in [0.717, 1.165) is 18.8 Å². The van der Waals surface area contributed by atoms with Gasteiger partial charge in [-0.25, -0.2) is 0 Å². The van der Waals surface area contributed by atoms with Crippen LogP contribution in [0.5, 0.6) is 0 Å². The molecule has 2 aliphatic heterocycles. The van der Waals surface area contributed by atoms with Gasteiger partial charge in [0.15, 0.2) is 0 Å². The zero-order valence-corrected chi connectivity index (χ0v) is 15.9. The van der Waals surface area contributed by atoms with Gasteiger partial charge < -0.3 is 20.3 Å². The van der Waals surface area contributed by atoms with Gasteiger partial charge in [0.25, 0.3) is 5.91 Å². The average Bonchev–Trinajstić information content (AvgIpc) is 2.92. The summed E-state index contributed by atoms with van der Waals surface area (Å²) in [4.78, 5) is 40.7. The third-order valence-corrected chi connectivity index (χ3v) is 5.22. The molecule has 3 rings (SSSR count). The van der Waals surface area contributed by atoms with Crippen molar-refractivity contribution < 1.29 is 19.1 Å². The third-order valence-electron chi connectivity index (χ3n) is 5.22. The number of nitrogens with one attached hydrogen (secondary N) is 2. The van der Waals surface area contributed by atoms with Crippen molar-refractivity contribution in [2.24, 2.45) is 0 Å². The van der Waals surface area contributed by atoms with E-state index in [2.05, 4.69) is 15.5 Å². The summed E-state index contributed by atoms with van der Waals surface area (Å²) in [6.45, 7) is 7.26. The first kappa shape index (κ1) is 19.3. The van der Waals surface area contributed by atoms with E-state index >= 15 is 0 Å². The standard InChI is InChI=1S/C19H26N4O4/c1-19(2,23-8-10-27-11-9-23)12-20-16(24)17(25)21-15-13-6-4-5-7-14(13)22(3)18(15)26/h4-7,15H,8-12H2,1-3H3,(H,20,24)(H,21,25). The van der Waals surface area contributed by atoms with E-state index in [1.165, 1.54) is 4.90 Å². The second-order valence-electron chi connectivity index (χ2n) is 7.46. The van der Waals surface area contributed by atoms with Crippen LogP contribution >= 0.6 is 0 Å². The van der Waals surface area contributed by atoms with E-state index in [9.17, 15) is 14.4 Å². The van der Waals surface area contributed by atoms with E-state index in [1.54, 1.807) is 19.2 Å². The molecular formula is C19H26N4O4. The molecule has 2 aliphatic rings. The summed E-state index contributed by atoms with van der Waals surface area (Å²) in [7, 11) is 1.65. The lowest BCUT2D eigenvalue weighted by atomic mass is 10.0. The highest BCUT2D eigenvalue weighted by Gasteiger charge is 2.37. The van der Waals surface area contributed by atoms with Crippen molar-refractivity contribution in [3.63, 3.8) is 0 Å². The van der Waals surface area contributed by atoms with Gasteiger partial charge in [0, 0.05) is 43.5 Å². The topological polar surface area (TPSA) is 91.0 Å². The highest BCUT2D eigenvalue weighted by atomic mass is 16.5. The second kappa shape index (κ2) is 7.66. The fraction of sp³-hybridized carbons (Fsp3) is 0.526. The quantitative estimate of drug-likeness (QED) is 0.727. The number of para-hydroxylation sites is 1. The molecule has 8 heteroatoms. The van der Waals surface area contributed by atoms with Gasteiger partial charge in [-0.1, -0.05) is 18.2 Å². The van der Waals surface area contributed by atoms with E-state index in [0.29, 0.717) is 25.3 Å². The number of carbonyl (C=O) groups excluding carboxylic acids is 3. The predicted octanol–water partition coefficient (Wildman–Crippen LogP) is 0.0473. The number of fused-ring (bicyclic) bond motifs is 1. The number of likely N-dealkylation sites (N-methyl/N-ethyl adjacent to an activating group) is 1. The van der Waals surface area contributed by atoms with Crippen molar-refractivity contribution in [1.82, 2.24) is 15.5 Å². The van der Waals surface area contributed by atoms with Gasteiger partial charge in [-0.05, 0) is 19.9 Å². The molecule has 0 saturated carbocycles. The van der Waals surface area contributed by atoms with Gasteiger partial charge in [0.05, 0.1) is 13.2 Å². The van der Waals surface area contributed by atoms with Crippen LogP contribution < -0.4 is 15.5 Å². The summed E-state index contributed by atoms with van der Waals surface area (Å²) in [6, 6.07) is 6.38. The van der Waals surface area contributed by atoms with Crippen LogP contribution in [0.15, 0.2) is 24.3 Å². The number of rotatable bonds is 4. The molecule has 3 amide bonds. The lowest BCUT2D eigenvalue weighted by Gasteiger charge is -2.40. The number of nitrogens with zero attached hydrogens (tertiary/aromatic N) is 2. The molecule has 0 aliphatic carbocycles. The van der Waals surface area contributed by atoms with E-state index in [1.807, 2.05) is 26.0 Å². The number of amides is 3. The Balaban J connectivity index is 1.58. The van der Waals surface area contributed by atoms with Crippen molar-refractivity contribution in [2.45, 2.75) is 25.4 Å². The Morgan fingerprint density at radius 1 is 1.19 bits per heavy atom. The van der Waals surface area contributed by atoms with Crippen LogP contribution in [0.25, 0.3) is 0 Å². The lowest BCUT2D eigenvalue weighted by molar-refractivity contribution is -0.140. The number of hydrogen-bond acceptors (Lipinski definition) is 5. The molecule has 2 heterocycles. The predicted molar refractivity (Wildman–Crippen MR) is 100 cm³/mol. The van der Waals surface area contributed by atoms with Gasteiger partial charge in [-0.15, -0.1) is 0 Å². The van der Waals surface area contributed by atoms with E-state index < -0.39 is 17.9 Å².